The molecule has 0 aromatic heterocycles. The van der Waals surface area contributed by atoms with Crippen molar-refractivity contribution in [3.63, 3.8) is 0 Å². The molecular formula is C17H22FN3O4. The Labute approximate surface area is 145 Å². The summed E-state index contributed by atoms with van der Waals surface area (Å²) in [5, 5.41) is 13.6. The third-order valence-corrected chi connectivity index (χ3v) is 5.00. The fourth-order valence-electron chi connectivity index (χ4n) is 3.59. The molecule has 1 amide bonds. The van der Waals surface area contributed by atoms with Crippen LogP contribution in [0.5, 0.6) is 0 Å². The number of rotatable bonds is 4. The molecule has 1 N–H and O–H groups in total. The van der Waals surface area contributed by atoms with E-state index in [1.165, 1.54) is 6.07 Å². The first-order valence-corrected chi connectivity index (χ1v) is 8.61. The van der Waals surface area contributed by atoms with Crippen molar-refractivity contribution in [1.82, 2.24) is 10.2 Å². The first-order valence-electron chi connectivity index (χ1n) is 8.61. The highest BCUT2D eigenvalue weighted by Crippen LogP contribution is 2.24. The number of benzene rings is 1. The van der Waals surface area contributed by atoms with E-state index in [9.17, 15) is 19.3 Å². The number of nitrogens with one attached hydrogen (secondary N) is 1. The molecule has 3 rings (SSSR count). The average molecular weight is 351 g/mol. The summed E-state index contributed by atoms with van der Waals surface area (Å²) >= 11 is 0. The lowest BCUT2D eigenvalue weighted by Crippen LogP contribution is -2.47. The Hall–Kier alpha value is -2.06. The van der Waals surface area contributed by atoms with Gasteiger partial charge in [0.1, 0.15) is 0 Å². The fourth-order valence-corrected chi connectivity index (χ4v) is 3.59. The molecule has 1 aromatic carbocycles. The standard InChI is InChI=1S/C17H22FN3O4/c18-15-11-12(1-6-16(15)21(23)24)17(22)19-13-2-4-14(5-3-13)20-7-9-25-10-8-20/h1,6,11,13-14H,2-5,7-10H2,(H,19,22). The second-order valence-corrected chi connectivity index (χ2v) is 6.55. The molecule has 0 spiro atoms. The van der Waals surface area contributed by atoms with Gasteiger partial charge in [0.15, 0.2) is 0 Å². The predicted octanol–water partition coefficient (Wildman–Crippen LogP) is 2.11. The van der Waals surface area contributed by atoms with Gasteiger partial charge in [-0.1, -0.05) is 0 Å². The van der Waals surface area contributed by atoms with E-state index in [1.807, 2.05) is 0 Å². The maximum atomic E-state index is 13.7. The molecule has 0 radical (unpaired) electrons. The highest BCUT2D eigenvalue weighted by atomic mass is 19.1. The monoisotopic (exact) mass is 351 g/mol. The van der Waals surface area contributed by atoms with Crippen molar-refractivity contribution < 1.29 is 18.8 Å². The topological polar surface area (TPSA) is 84.7 Å². The molecule has 7 nitrogen and oxygen atoms in total. The largest absolute Gasteiger partial charge is 0.379 e. The van der Waals surface area contributed by atoms with E-state index < -0.39 is 16.4 Å². The van der Waals surface area contributed by atoms with E-state index in [0.29, 0.717) is 6.04 Å². The van der Waals surface area contributed by atoms with Gasteiger partial charge in [0, 0.05) is 36.8 Å². The van der Waals surface area contributed by atoms with Gasteiger partial charge in [-0.15, -0.1) is 0 Å². The van der Waals surface area contributed by atoms with Crippen LogP contribution in [0.15, 0.2) is 18.2 Å². The van der Waals surface area contributed by atoms with E-state index in [1.54, 1.807) is 0 Å². The van der Waals surface area contributed by atoms with Gasteiger partial charge < -0.3 is 10.1 Å². The van der Waals surface area contributed by atoms with Gasteiger partial charge in [0.05, 0.1) is 18.1 Å². The van der Waals surface area contributed by atoms with Gasteiger partial charge >= 0.3 is 5.69 Å². The quantitative estimate of drug-likeness (QED) is 0.663. The Bertz CT molecular complexity index is 641. The number of morpholine rings is 1. The maximum Gasteiger partial charge on any atom is 0.304 e. The number of nitro groups is 1. The number of ether oxygens (including phenoxy) is 1. The van der Waals surface area contributed by atoms with Crippen LogP contribution in [0.2, 0.25) is 0 Å². The van der Waals surface area contributed by atoms with Gasteiger partial charge in [-0.25, -0.2) is 0 Å². The number of carbonyl (C=O) groups is 1. The SMILES string of the molecule is O=C(NC1CCC(N2CCOCC2)CC1)c1ccc([N+](=O)[O-])c(F)c1. The van der Waals surface area contributed by atoms with E-state index >= 15 is 0 Å². The highest BCUT2D eigenvalue weighted by molar-refractivity contribution is 5.94. The van der Waals surface area contributed by atoms with Crippen LogP contribution in [0.1, 0.15) is 36.0 Å². The van der Waals surface area contributed by atoms with Crippen molar-refractivity contribution in [1.29, 1.82) is 0 Å². The van der Waals surface area contributed by atoms with Crippen LogP contribution < -0.4 is 5.32 Å². The molecule has 1 saturated carbocycles. The van der Waals surface area contributed by atoms with Gasteiger partial charge in [0.25, 0.3) is 5.91 Å². The number of nitrogens with zero attached hydrogens (tertiary/aromatic N) is 2. The molecule has 1 saturated heterocycles. The summed E-state index contributed by atoms with van der Waals surface area (Å²) in [6.45, 7) is 3.48. The minimum atomic E-state index is -0.992. The van der Waals surface area contributed by atoms with Crippen LogP contribution in [0.3, 0.4) is 0 Å². The molecule has 25 heavy (non-hydrogen) atoms. The molecule has 0 unspecified atom stereocenters. The van der Waals surface area contributed by atoms with Crippen molar-refractivity contribution in [2.24, 2.45) is 0 Å². The predicted molar refractivity (Wildman–Crippen MR) is 89.0 cm³/mol. The molecule has 136 valence electrons. The minimum absolute atomic E-state index is 0.0584. The number of nitro benzene ring substituents is 1. The summed E-state index contributed by atoms with van der Waals surface area (Å²) < 4.78 is 19.0. The Kier molecular flexibility index (Phi) is 5.60. The lowest BCUT2D eigenvalue weighted by molar-refractivity contribution is -0.387. The van der Waals surface area contributed by atoms with Crippen LogP contribution >= 0.6 is 0 Å². The number of halogens is 1. The van der Waals surface area contributed by atoms with Crippen LogP contribution in [-0.2, 0) is 4.74 Å². The number of carbonyl (C=O) groups excluding carboxylic acids is 1. The zero-order valence-electron chi connectivity index (χ0n) is 13.9. The summed E-state index contributed by atoms with van der Waals surface area (Å²) in [4.78, 5) is 24.5. The lowest BCUT2D eigenvalue weighted by Gasteiger charge is -2.38. The summed E-state index contributed by atoms with van der Waals surface area (Å²) in [6.07, 6.45) is 3.78. The molecular weight excluding hydrogens is 329 g/mol. The molecule has 1 heterocycles. The third kappa shape index (κ3) is 4.32. The average Bonchev–Trinajstić information content (AvgIpc) is 2.62. The van der Waals surface area contributed by atoms with Gasteiger partial charge in [0.2, 0.25) is 5.82 Å². The van der Waals surface area contributed by atoms with E-state index in [0.717, 1.165) is 64.1 Å². The van der Waals surface area contributed by atoms with E-state index in [4.69, 9.17) is 4.74 Å². The lowest BCUT2D eigenvalue weighted by atomic mass is 9.89. The van der Waals surface area contributed by atoms with E-state index in [-0.39, 0.29) is 17.5 Å². The maximum absolute atomic E-state index is 13.7. The summed E-state index contributed by atoms with van der Waals surface area (Å²) in [6, 6.07) is 3.83. The molecule has 0 atom stereocenters. The number of hydrogen-bond acceptors (Lipinski definition) is 5. The fraction of sp³-hybridized carbons (Fsp3) is 0.588. The Morgan fingerprint density at radius 2 is 1.92 bits per heavy atom. The Balaban J connectivity index is 1.52. The first-order chi connectivity index (χ1) is 12.0. The molecule has 2 fully saturated rings. The number of amides is 1. The Morgan fingerprint density at radius 3 is 2.52 bits per heavy atom. The zero-order chi connectivity index (χ0) is 17.8. The molecule has 1 aromatic rings. The van der Waals surface area contributed by atoms with Gasteiger partial charge in [-0.3, -0.25) is 19.8 Å². The number of hydrogen-bond donors (Lipinski definition) is 1. The summed E-state index contributed by atoms with van der Waals surface area (Å²) in [5.74, 6) is -1.38. The smallest absolute Gasteiger partial charge is 0.304 e. The van der Waals surface area contributed by atoms with Crippen molar-refractivity contribution in [3.05, 3.63) is 39.7 Å². The Morgan fingerprint density at radius 1 is 1.24 bits per heavy atom. The van der Waals surface area contributed by atoms with Gasteiger partial charge in [-0.2, -0.15) is 4.39 Å². The first kappa shape index (κ1) is 17.8. The summed E-state index contributed by atoms with van der Waals surface area (Å²) in [5.41, 5.74) is -0.513. The van der Waals surface area contributed by atoms with Crippen LogP contribution in [0.25, 0.3) is 0 Å². The summed E-state index contributed by atoms with van der Waals surface area (Å²) in [7, 11) is 0. The van der Waals surface area contributed by atoms with Crippen LogP contribution in [-0.4, -0.2) is 54.1 Å². The molecule has 1 aliphatic carbocycles. The second-order valence-electron chi connectivity index (χ2n) is 6.55. The van der Waals surface area contributed by atoms with Crippen molar-refractivity contribution >= 4 is 11.6 Å². The van der Waals surface area contributed by atoms with Crippen molar-refractivity contribution in [2.45, 2.75) is 37.8 Å². The highest BCUT2D eigenvalue weighted by Gasteiger charge is 2.28. The van der Waals surface area contributed by atoms with Crippen molar-refractivity contribution in [3.8, 4) is 0 Å². The molecule has 2 aliphatic rings. The minimum Gasteiger partial charge on any atom is -0.379 e. The van der Waals surface area contributed by atoms with Crippen LogP contribution in [0.4, 0.5) is 10.1 Å². The molecule has 0 bridgehead atoms. The second kappa shape index (κ2) is 7.88. The van der Waals surface area contributed by atoms with Crippen molar-refractivity contribution in [2.75, 3.05) is 26.3 Å². The molecule has 8 heteroatoms. The van der Waals surface area contributed by atoms with Crippen LogP contribution in [0, 0.1) is 15.9 Å². The third-order valence-electron chi connectivity index (χ3n) is 5.00. The zero-order valence-corrected chi connectivity index (χ0v) is 13.9. The van der Waals surface area contributed by atoms with Gasteiger partial charge in [-0.05, 0) is 37.8 Å². The normalized spacial score (nSPS) is 24.7. The molecule has 1 aliphatic heterocycles. The van der Waals surface area contributed by atoms with E-state index in [2.05, 4.69) is 10.2 Å².